The number of Topliss-reactive ketones (excluding diaryl/α,β-unsaturated/α-hetero) is 1. The van der Waals surface area contributed by atoms with Crippen molar-refractivity contribution in [1.82, 2.24) is 9.80 Å². The zero-order valence-electron chi connectivity index (χ0n) is 20.0. The number of carbonyl (C=O) groups excluding carboxylic acids is 1. The van der Waals surface area contributed by atoms with E-state index >= 15 is 0 Å². The second-order valence-electron chi connectivity index (χ2n) is 8.42. The molecule has 0 aliphatic carbocycles. The minimum Gasteiger partial charge on any atom is -0.491 e. The lowest BCUT2D eigenvalue weighted by molar-refractivity contribution is -0.159. The van der Waals surface area contributed by atoms with Gasteiger partial charge in [0, 0.05) is 44.8 Å². The van der Waals surface area contributed by atoms with Gasteiger partial charge in [0.15, 0.2) is 17.3 Å². The first-order valence-electron chi connectivity index (χ1n) is 11.4. The van der Waals surface area contributed by atoms with E-state index in [2.05, 4.69) is 21.9 Å². The highest BCUT2D eigenvalue weighted by molar-refractivity contribution is 6.27. The lowest BCUT2D eigenvalue weighted by Crippen LogP contribution is -2.48. The van der Waals surface area contributed by atoms with Crippen molar-refractivity contribution in [3.63, 3.8) is 0 Å². The molecule has 11 nitrogen and oxygen atoms in total. The van der Waals surface area contributed by atoms with Crippen molar-refractivity contribution in [2.75, 3.05) is 46.1 Å². The average molecular weight is 503 g/mol. The van der Waals surface area contributed by atoms with Gasteiger partial charge in [0.1, 0.15) is 18.5 Å². The van der Waals surface area contributed by atoms with Crippen molar-refractivity contribution < 1.29 is 43.9 Å². The van der Waals surface area contributed by atoms with Gasteiger partial charge in [-0.1, -0.05) is 18.2 Å². The van der Waals surface area contributed by atoms with Crippen LogP contribution in [0.1, 0.15) is 22.8 Å². The Bertz CT molecular complexity index is 1060. The summed E-state index contributed by atoms with van der Waals surface area (Å²) in [5, 5.41) is 25.1. The van der Waals surface area contributed by atoms with E-state index in [0.29, 0.717) is 24.7 Å². The van der Waals surface area contributed by atoms with E-state index < -0.39 is 18.0 Å². The fourth-order valence-corrected chi connectivity index (χ4v) is 3.78. The number of carboxylic acids is 2. The summed E-state index contributed by atoms with van der Waals surface area (Å²) in [6.45, 7) is 7.19. The molecule has 2 aliphatic heterocycles. The molecule has 11 heteroatoms. The van der Waals surface area contributed by atoms with Gasteiger partial charge in [-0.25, -0.2) is 9.59 Å². The molecule has 0 amide bonds. The summed E-state index contributed by atoms with van der Waals surface area (Å²) < 4.78 is 16.5. The van der Waals surface area contributed by atoms with Gasteiger partial charge in [-0.3, -0.25) is 14.6 Å². The molecule has 1 unspecified atom stereocenters. The summed E-state index contributed by atoms with van der Waals surface area (Å²) in [6.07, 6.45) is -0.577. The SMILES string of the molecule is CC(=O)c1cccc(OCC(O)CN2CCN(Cc3ccc4c(c3)OCO4)CC2)c1.O=C(O)C(=O)O. The standard InChI is InChI=1S/C23H28N2O5.C2H2O4/c1-17(26)19-3-2-4-21(12-19)28-15-20(27)14-25-9-7-24(8-10-25)13-18-5-6-22-23(11-18)30-16-29-22;3-1(4)2(5)6/h2-6,11-12,20,27H,7-10,13-16H2,1H3;(H,3,4)(H,5,6). The Hall–Kier alpha value is -3.67. The van der Waals surface area contributed by atoms with Gasteiger partial charge in [0.25, 0.3) is 0 Å². The first-order valence-corrected chi connectivity index (χ1v) is 11.4. The Labute approximate surface area is 208 Å². The number of hydrogen-bond acceptors (Lipinski definition) is 9. The molecule has 2 heterocycles. The van der Waals surface area contributed by atoms with E-state index in [4.69, 9.17) is 34.0 Å². The van der Waals surface area contributed by atoms with E-state index in [0.717, 1.165) is 44.2 Å². The second-order valence-corrected chi connectivity index (χ2v) is 8.42. The Morgan fingerprint density at radius 1 is 0.944 bits per heavy atom. The number of benzene rings is 2. The molecular formula is C25H30N2O9. The normalized spacial score (nSPS) is 15.9. The molecule has 2 aromatic carbocycles. The monoisotopic (exact) mass is 502 g/mol. The summed E-state index contributed by atoms with van der Waals surface area (Å²) in [4.78, 5) is 34.3. The Morgan fingerprint density at radius 3 is 2.28 bits per heavy atom. The molecule has 1 fully saturated rings. The number of fused-ring (bicyclic) bond motifs is 1. The molecule has 2 aliphatic rings. The maximum Gasteiger partial charge on any atom is 0.414 e. The highest BCUT2D eigenvalue weighted by Gasteiger charge is 2.21. The predicted octanol–water partition coefficient (Wildman–Crippen LogP) is 1.33. The lowest BCUT2D eigenvalue weighted by Gasteiger charge is -2.35. The van der Waals surface area contributed by atoms with Gasteiger partial charge in [0.2, 0.25) is 6.79 Å². The lowest BCUT2D eigenvalue weighted by atomic mass is 10.1. The summed E-state index contributed by atoms with van der Waals surface area (Å²) in [5.74, 6) is -1.41. The van der Waals surface area contributed by atoms with Crippen LogP contribution in [0, 0.1) is 0 Å². The number of carboxylic acid groups (broad SMARTS) is 2. The van der Waals surface area contributed by atoms with Crippen LogP contribution in [-0.4, -0.2) is 95.1 Å². The highest BCUT2D eigenvalue weighted by atomic mass is 16.7. The zero-order chi connectivity index (χ0) is 26.1. The number of aliphatic carboxylic acids is 2. The van der Waals surface area contributed by atoms with Crippen molar-refractivity contribution >= 4 is 17.7 Å². The van der Waals surface area contributed by atoms with Gasteiger partial charge in [-0.2, -0.15) is 0 Å². The second kappa shape index (κ2) is 12.9. The number of piperazine rings is 1. The molecule has 4 rings (SSSR count). The molecule has 1 saturated heterocycles. The fourth-order valence-electron chi connectivity index (χ4n) is 3.78. The number of aliphatic hydroxyl groups is 1. The van der Waals surface area contributed by atoms with Crippen molar-refractivity contribution in [2.24, 2.45) is 0 Å². The fraction of sp³-hybridized carbons (Fsp3) is 0.400. The quantitative estimate of drug-likeness (QED) is 0.355. The van der Waals surface area contributed by atoms with E-state index in [1.807, 2.05) is 6.07 Å². The van der Waals surface area contributed by atoms with E-state index in [9.17, 15) is 9.90 Å². The van der Waals surface area contributed by atoms with Crippen molar-refractivity contribution in [3.05, 3.63) is 53.6 Å². The number of aliphatic hydroxyl groups excluding tert-OH is 1. The Balaban J connectivity index is 0.000000538. The number of ketones is 1. The Morgan fingerprint density at radius 2 is 1.61 bits per heavy atom. The molecule has 0 radical (unpaired) electrons. The number of β-amino-alcohol motifs (C(OH)–C–C–N with tert-alkyl or cyclic N) is 1. The highest BCUT2D eigenvalue weighted by Crippen LogP contribution is 2.32. The van der Waals surface area contributed by atoms with Gasteiger partial charge in [-0.15, -0.1) is 0 Å². The van der Waals surface area contributed by atoms with Gasteiger partial charge < -0.3 is 29.5 Å². The minimum absolute atomic E-state index is 0.000354. The van der Waals surface area contributed by atoms with Gasteiger partial charge in [-0.05, 0) is 36.8 Å². The van der Waals surface area contributed by atoms with Crippen molar-refractivity contribution in [2.45, 2.75) is 19.6 Å². The third-order valence-electron chi connectivity index (χ3n) is 5.64. The molecule has 3 N–H and O–H groups in total. The first kappa shape index (κ1) is 26.9. The van der Waals surface area contributed by atoms with Crippen LogP contribution in [0.25, 0.3) is 0 Å². The predicted molar refractivity (Wildman–Crippen MR) is 128 cm³/mol. The molecule has 0 aromatic heterocycles. The molecule has 0 spiro atoms. The molecule has 1 atom stereocenters. The Kier molecular flexibility index (Phi) is 9.62. The van der Waals surface area contributed by atoms with Crippen LogP contribution in [-0.2, 0) is 16.1 Å². The number of rotatable bonds is 8. The van der Waals surface area contributed by atoms with Crippen LogP contribution in [0.3, 0.4) is 0 Å². The molecule has 0 saturated carbocycles. The van der Waals surface area contributed by atoms with Crippen molar-refractivity contribution in [1.29, 1.82) is 0 Å². The summed E-state index contributed by atoms with van der Waals surface area (Å²) in [6, 6.07) is 13.2. The van der Waals surface area contributed by atoms with Crippen LogP contribution in [0.2, 0.25) is 0 Å². The average Bonchev–Trinajstić information content (AvgIpc) is 3.32. The van der Waals surface area contributed by atoms with Crippen LogP contribution in [0.5, 0.6) is 17.2 Å². The number of ether oxygens (including phenoxy) is 3. The van der Waals surface area contributed by atoms with E-state index in [-0.39, 0.29) is 12.4 Å². The first-order chi connectivity index (χ1) is 17.2. The number of carbonyl (C=O) groups is 3. The topological polar surface area (TPSA) is 146 Å². The third kappa shape index (κ3) is 8.22. The van der Waals surface area contributed by atoms with Crippen LogP contribution in [0.15, 0.2) is 42.5 Å². The van der Waals surface area contributed by atoms with Gasteiger partial charge >= 0.3 is 11.9 Å². The van der Waals surface area contributed by atoms with Gasteiger partial charge in [0.05, 0.1) is 0 Å². The largest absolute Gasteiger partial charge is 0.491 e. The van der Waals surface area contributed by atoms with E-state index in [1.165, 1.54) is 12.5 Å². The zero-order valence-corrected chi connectivity index (χ0v) is 20.0. The molecule has 0 bridgehead atoms. The maximum absolute atomic E-state index is 11.5. The minimum atomic E-state index is -1.82. The van der Waals surface area contributed by atoms with E-state index in [1.54, 1.807) is 24.3 Å². The molecule has 2 aromatic rings. The maximum atomic E-state index is 11.5. The summed E-state index contributed by atoms with van der Waals surface area (Å²) in [7, 11) is 0. The van der Waals surface area contributed by atoms with Crippen LogP contribution < -0.4 is 14.2 Å². The molecular weight excluding hydrogens is 472 g/mol. The summed E-state index contributed by atoms with van der Waals surface area (Å²) >= 11 is 0. The van der Waals surface area contributed by atoms with Crippen LogP contribution in [0.4, 0.5) is 0 Å². The number of hydrogen-bond donors (Lipinski definition) is 3. The number of nitrogens with zero attached hydrogens (tertiary/aromatic N) is 2. The van der Waals surface area contributed by atoms with Crippen LogP contribution >= 0.6 is 0 Å². The third-order valence-corrected chi connectivity index (χ3v) is 5.64. The molecule has 36 heavy (non-hydrogen) atoms. The van der Waals surface area contributed by atoms with Crippen molar-refractivity contribution in [3.8, 4) is 17.2 Å². The molecule has 194 valence electrons. The summed E-state index contributed by atoms with van der Waals surface area (Å²) in [5.41, 5.74) is 1.83. The smallest absolute Gasteiger partial charge is 0.414 e.